The zero-order valence-corrected chi connectivity index (χ0v) is 11.7. The van der Waals surface area contributed by atoms with Gasteiger partial charge in [-0.15, -0.1) is 0 Å². The average Bonchev–Trinajstić information content (AvgIpc) is 2.93. The smallest absolute Gasteiger partial charge is 0.147 e. The number of aliphatic imine (C=N–C) groups is 1. The van der Waals surface area contributed by atoms with E-state index < -0.39 is 0 Å². The zero-order valence-electron chi connectivity index (χ0n) is 11.7. The molecule has 0 spiro atoms. The Hall–Kier alpha value is -2.07. The van der Waals surface area contributed by atoms with Crippen LogP contribution < -0.4 is 5.73 Å². The van der Waals surface area contributed by atoms with Crippen molar-refractivity contribution in [3.63, 3.8) is 0 Å². The fraction of sp³-hybridized carbons (Fsp3) is 0.312. The highest BCUT2D eigenvalue weighted by Crippen LogP contribution is 2.33. The van der Waals surface area contributed by atoms with Crippen LogP contribution in [-0.2, 0) is 6.54 Å². The van der Waals surface area contributed by atoms with Gasteiger partial charge in [-0.25, -0.2) is 4.99 Å². The first kappa shape index (κ1) is 12.9. The van der Waals surface area contributed by atoms with Crippen molar-refractivity contribution < 1.29 is 0 Å². The van der Waals surface area contributed by atoms with E-state index in [-0.39, 0.29) is 6.04 Å². The maximum atomic E-state index is 5.66. The van der Waals surface area contributed by atoms with Crippen molar-refractivity contribution in [1.29, 1.82) is 0 Å². The highest BCUT2D eigenvalue weighted by molar-refractivity contribution is 5.72. The number of benzene rings is 1. The summed E-state index contributed by atoms with van der Waals surface area (Å²) in [4.78, 5) is 4.54. The first-order valence-corrected chi connectivity index (χ1v) is 7.11. The number of fused-ring (bicyclic) bond motifs is 1. The van der Waals surface area contributed by atoms with Crippen molar-refractivity contribution in [3.8, 4) is 0 Å². The first-order chi connectivity index (χ1) is 9.83. The molecule has 3 rings (SSSR count). The highest BCUT2D eigenvalue weighted by Gasteiger charge is 2.30. The third-order valence-electron chi connectivity index (χ3n) is 3.64. The monoisotopic (exact) mass is 268 g/mol. The predicted molar refractivity (Wildman–Crippen MR) is 81.6 cm³/mol. The van der Waals surface area contributed by atoms with Gasteiger partial charge in [-0.2, -0.15) is 0 Å². The van der Waals surface area contributed by atoms with Crippen molar-refractivity contribution in [2.75, 3.05) is 6.54 Å². The lowest BCUT2D eigenvalue weighted by molar-refractivity contribution is 0.0451. The molecule has 0 fully saturated rings. The van der Waals surface area contributed by atoms with Crippen LogP contribution in [0.2, 0.25) is 0 Å². The van der Waals surface area contributed by atoms with Crippen molar-refractivity contribution in [3.05, 3.63) is 59.6 Å². The maximum absolute atomic E-state index is 5.66. The van der Waals surface area contributed by atoms with Gasteiger partial charge < -0.3 is 5.73 Å². The molecule has 2 aliphatic heterocycles. The van der Waals surface area contributed by atoms with E-state index in [1.165, 1.54) is 5.56 Å². The molecule has 1 aromatic carbocycles. The summed E-state index contributed by atoms with van der Waals surface area (Å²) in [5.41, 5.74) is 8.06. The summed E-state index contributed by atoms with van der Waals surface area (Å²) in [5.74, 6) is 1.01. The third kappa shape index (κ3) is 2.23. The second kappa shape index (κ2) is 5.51. The minimum absolute atomic E-state index is 0.171. The zero-order chi connectivity index (χ0) is 13.9. The molecule has 104 valence electrons. The Morgan fingerprint density at radius 2 is 2.05 bits per heavy atom. The van der Waals surface area contributed by atoms with Gasteiger partial charge in [0.15, 0.2) is 0 Å². The van der Waals surface area contributed by atoms with Crippen molar-refractivity contribution in [2.45, 2.75) is 25.9 Å². The number of hydrogen-bond acceptors (Lipinski definition) is 4. The van der Waals surface area contributed by atoms with Gasteiger partial charge in [0.05, 0.1) is 0 Å². The van der Waals surface area contributed by atoms with E-state index in [1.54, 1.807) is 0 Å². The SMILES string of the molecule is CCCN1C=CC=C2N=CC(c3ccc(CN)cc3)N21. The van der Waals surface area contributed by atoms with Crippen LogP contribution in [0.5, 0.6) is 0 Å². The van der Waals surface area contributed by atoms with Gasteiger partial charge in [-0.1, -0.05) is 31.2 Å². The molecule has 1 unspecified atom stereocenters. The molecule has 2 N–H and O–H groups in total. The number of hydrogen-bond donors (Lipinski definition) is 1. The summed E-state index contributed by atoms with van der Waals surface area (Å²) in [6, 6.07) is 8.64. The van der Waals surface area contributed by atoms with Crippen molar-refractivity contribution >= 4 is 6.21 Å². The summed E-state index contributed by atoms with van der Waals surface area (Å²) < 4.78 is 0. The number of hydrazine groups is 1. The molecule has 2 aliphatic rings. The Labute approximate surface area is 119 Å². The van der Waals surface area contributed by atoms with Crippen LogP contribution >= 0.6 is 0 Å². The molecule has 20 heavy (non-hydrogen) atoms. The first-order valence-electron chi connectivity index (χ1n) is 7.11. The predicted octanol–water partition coefficient (Wildman–Crippen LogP) is 2.57. The van der Waals surface area contributed by atoms with E-state index in [4.69, 9.17) is 5.73 Å². The Bertz CT molecular complexity index is 556. The van der Waals surface area contributed by atoms with Gasteiger partial charge in [0.1, 0.15) is 11.9 Å². The van der Waals surface area contributed by atoms with E-state index in [1.807, 2.05) is 6.21 Å². The van der Waals surface area contributed by atoms with Crippen LogP contribution in [0.3, 0.4) is 0 Å². The van der Waals surface area contributed by atoms with Gasteiger partial charge in [-0.05, 0) is 29.7 Å². The molecule has 0 saturated carbocycles. The van der Waals surface area contributed by atoms with Crippen LogP contribution in [0.25, 0.3) is 0 Å². The molecule has 4 heteroatoms. The lowest BCUT2D eigenvalue weighted by Gasteiger charge is -2.38. The Kier molecular flexibility index (Phi) is 3.56. The van der Waals surface area contributed by atoms with Gasteiger partial charge in [0, 0.05) is 25.5 Å². The number of rotatable bonds is 4. The molecule has 2 heterocycles. The highest BCUT2D eigenvalue weighted by atomic mass is 15.7. The largest absolute Gasteiger partial charge is 0.326 e. The molecule has 0 aromatic heterocycles. The Morgan fingerprint density at radius 1 is 1.25 bits per heavy atom. The molecule has 0 aliphatic carbocycles. The van der Waals surface area contributed by atoms with Gasteiger partial charge in [0.25, 0.3) is 0 Å². The van der Waals surface area contributed by atoms with Crippen molar-refractivity contribution in [1.82, 2.24) is 10.0 Å². The Balaban J connectivity index is 1.87. The van der Waals surface area contributed by atoms with Crippen LogP contribution in [0.4, 0.5) is 0 Å². The van der Waals surface area contributed by atoms with Gasteiger partial charge in [-0.3, -0.25) is 10.0 Å². The second-order valence-corrected chi connectivity index (χ2v) is 5.04. The van der Waals surface area contributed by atoms with Crippen LogP contribution in [0.15, 0.2) is 53.4 Å². The average molecular weight is 268 g/mol. The van der Waals surface area contributed by atoms with Crippen LogP contribution in [-0.4, -0.2) is 22.8 Å². The summed E-state index contributed by atoms with van der Waals surface area (Å²) in [7, 11) is 0. The van der Waals surface area contributed by atoms with Gasteiger partial charge >= 0.3 is 0 Å². The third-order valence-corrected chi connectivity index (χ3v) is 3.64. The fourth-order valence-corrected chi connectivity index (χ4v) is 2.61. The number of allylic oxidation sites excluding steroid dienone is 2. The van der Waals surface area contributed by atoms with E-state index in [0.717, 1.165) is 24.4 Å². The fourth-order valence-electron chi connectivity index (χ4n) is 2.61. The number of nitrogens with zero attached hydrogens (tertiary/aromatic N) is 3. The lowest BCUT2D eigenvalue weighted by Crippen LogP contribution is -2.40. The second-order valence-electron chi connectivity index (χ2n) is 5.04. The molecule has 0 radical (unpaired) electrons. The standard InChI is InChI=1S/C16H20N4/c1-2-9-19-10-3-4-16-18-12-15(20(16)19)14-7-5-13(11-17)6-8-14/h3-8,10,12,15H,2,9,11,17H2,1H3. The van der Waals surface area contributed by atoms with E-state index in [0.29, 0.717) is 6.54 Å². The summed E-state index contributed by atoms with van der Waals surface area (Å²) >= 11 is 0. The van der Waals surface area contributed by atoms with E-state index in [2.05, 4.69) is 64.6 Å². The molecular formula is C16H20N4. The van der Waals surface area contributed by atoms with Crippen LogP contribution in [0, 0.1) is 0 Å². The molecule has 4 nitrogen and oxygen atoms in total. The van der Waals surface area contributed by atoms with E-state index in [9.17, 15) is 0 Å². The molecule has 0 bridgehead atoms. The minimum atomic E-state index is 0.171. The quantitative estimate of drug-likeness (QED) is 0.913. The minimum Gasteiger partial charge on any atom is -0.326 e. The lowest BCUT2D eigenvalue weighted by atomic mass is 10.1. The Morgan fingerprint density at radius 3 is 2.75 bits per heavy atom. The topological polar surface area (TPSA) is 44.9 Å². The molecule has 0 saturated heterocycles. The summed E-state index contributed by atoms with van der Waals surface area (Å²) in [5, 5.41) is 4.49. The number of nitrogens with two attached hydrogens (primary N) is 1. The summed E-state index contributed by atoms with van der Waals surface area (Å²) in [6.45, 7) is 3.76. The molecular weight excluding hydrogens is 248 g/mol. The maximum Gasteiger partial charge on any atom is 0.147 e. The molecule has 0 amide bonds. The van der Waals surface area contributed by atoms with Crippen LogP contribution in [0.1, 0.15) is 30.5 Å². The van der Waals surface area contributed by atoms with E-state index >= 15 is 0 Å². The molecule has 1 aromatic rings. The normalized spacial score (nSPS) is 20.3. The molecule has 1 atom stereocenters. The van der Waals surface area contributed by atoms with Crippen molar-refractivity contribution in [2.24, 2.45) is 10.7 Å². The summed E-state index contributed by atoms with van der Waals surface area (Å²) in [6.07, 6.45) is 9.34. The van der Waals surface area contributed by atoms with Gasteiger partial charge in [0.2, 0.25) is 0 Å².